The van der Waals surface area contributed by atoms with Gasteiger partial charge in [0.15, 0.2) is 6.10 Å². The number of carbonyl (C=O) groups excluding carboxylic acids is 1. The highest BCUT2D eigenvalue weighted by atomic mass is 35.5. The van der Waals surface area contributed by atoms with E-state index >= 15 is 0 Å². The van der Waals surface area contributed by atoms with Gasteiger partial charge in [-0.3, -0.25) is 14.9 Å². The first kappa shape index (κ1) is 20.1. The Hall–Kier alpha value is -2.60. The van der Waals surface area contributed by atoms with Crippen LogP contribution in [0.5, 0.6) is 5.75 Å². The van der Waals surface area contributed by atoms with E-state index in [-0.39, 0.29) is 22.4 Å². The van der Waals surface area contributed by atoms with Crippen molar-refractivity contribution >= 4 is 23.2 Å². The highest BCUT2D eigenvalue weighted by Crippen LogP contribution is 2.30. The Kier molecular flexibility index (Phi) is 6.52. The monoisotopic (exact) mass is 402 g/mol. The fourth-order valence-corrected chi connectivity index (χ4v) is 3.72. The number of nitrogens with zero attached hydrogens (tertiary/aromatic N) is 2. The summed E-state index contributed by atoms with van der Waals surface area (Å²) in [6.45, 7) is 3.09. The Labute approximate surface area is 169 Å². The number of piperidine rings is 1. The fraction of sp³-hybridized carbons (Fsp3) is 0.381. The van der Waals surface area contributed by atoms with Crippen LogP contribution in [-0.2, 0) is 11.2 Å². The molecule has 1 fully saturated rings. The highest BCUT2D eigenvalue weighted by Gasteiger charge is 2.27. The SMILES string of the molecule is C[C@@H](Oc1ccc([N+](=O)[O-])cc1Cl)C(=O)N1CCC(Cc2ccccc2)CC1. The summed E-state index contributed by atoms with van der Waals surface area (Å²) < 4.78 is 5.67. The van der Waals surface area contributed by atoms with Gasteiger partial charge in [-0.25, -0.2) is 0 Å². The number of hydrogen-bond donors (Lipinski definition) is 0. The lowest BCUT2D eigenvalue weighted by atomic mass is 9.90. The van der Waals surface area contributed by atoms with Crippen molar-refractivity contribution in [2.45, 2.75) is 32.3 Å². The van der Waals surface area contributed by atoms with Crippen molar-refractivity contribution < 1.29 is 14.5 Å². The number of ether oxygens (including phenoxy) is 1. The summed E-state index contributed by atoms with van der Waals surface area (Å²) in [4.78, 5) is 24.8. The lowest BCUT2D eigenvalue weighted by molar-refractivity contribution is -0.384. The van der Waals surface area contributed by atoms with E-state index in [9.17, 15) is 14.9 Å². The van der Waals surface area contributed by atoms with Crippen molar-refractivity contribution in [1.29, 1.82) is 0 Å². The topological polar surface area (TPSA) is 72.7 Å². The molecule has 2 aromatic carbocycles. The zero-order chi connectivity index (χ0) is 20.1. The van der Waals surface area contributed by atoms with Crippen LogP contribution in [0.4, 0.5) is 5.69 Å². The van der Waals surface area contributed by atoms with Crippen LogP contribution >= 0.6 is 11.6 Å². The molecule has 1 heterocycles. The first-order chi connectivity index (χ1) is 13.4. The normalized spacial score (nSPS) is 15.9. The Morgan fingerprint density at radius 1 is 1.25 bits per heavy atom. The van der Waals surface area contributed by atoms with E-state index in [4.69, 9.17) is 16.3 Å². The number of hydrogen-bond acceptors (Lipinski definition) is 4. The maximum absolute atomic E-state index is 12.7. The van der Waals surface area contributed by atoms with E-state index in [1.807, 2.05) is 11.0 Å². The second-order valence-corrected chi connectivity index (χ2v) is 7.50. The van der Waals surface area contributed by atoms with Crippen LogP contribution in [0, 0.1) is 16.0 Å². The van der Waals surface area contributed by atoms with Crippen LogP contribution in [0.25, 0.3) is 0 Å². The predicted octanol–water partition coefficient (Wildman–Crippen LogP) is 4.50. The summed E-state index contributed by atoms with van der Waals surface area (Å²) in [5.41, 5.74) is 1.22. The molecule has 7 heteroatoms. The molecular weight excluding hydrogens is 380 g/mol. The largest absolute Gasteiger partial charge is 0.479 e. The standard InChI is InChI=1S/C21H23ClN2O4/c1-15(28-20-8-7-18(24(26)27)14-19(20)22)21(25)23-11-9-17(10-12-23)13-16-5-3-2-4-6-16/h2-8,14-15,17H,9-13H2,1H3/t15-/m1/s1. The molecule has 3 rings (SSSR count). The molecule has 1 saturated heterocycles. The molecule has 2 aromatic rings. The number of halogens is 1. The zero-order valence-electron chi connectivity index (χ0n) is 15.7. The number of likely N-dealkylation sites (tertiary alicyclic amines) is 1. The Balaban J connectivity index is 1.52. The third-order valence-electron chi connectivity index (χ3n) is 5.07. The maximum atomic E-state index is 12.7. The average Bonchev–Trinajstić information content (AvgIpc) is 2.70. The maximum Gasteiger partial charge on any atom is 0.271 e. The van der Waals surface area contributed by atoms with E-state index < -0.39 is 11.0 Å². The molecule has 0 aliphatic carbocycles. The van der Waals surface area contributed by atoms with Crippen molar-refractivity contribution in [3.05, 3.63) is 69.2 Å². The summed E-state index contributed by atoms with van der Waals surface area (Å²) in [6, 6.07) is 14.4. The number of carbonyl (C=O) groups is 1. The van der Waals surface area contributed by atoms with Crippen molar-refractivity contribution in [1.82, 2.24) is 4.90 Å². The minimum absolute atomic E-state index is 0.0902. The molecule has 0 unspecified atom stereocenters. The van der Waals surface area contributed by atoms with Crippen LogP contribution in [0.1, 0.15) is 25.3 Å². The highest BCUT2D eigenvalue weighted by molar-refractivity contribution is 6.32. The Bertz CT molecular complexity index is 836. The minimum Gasteiger partial charge on any atom is -0.479 e. The number of nitro groups is 1. The molecule has 28 heavy (non-hydrogen) atoms. The summed E-state index contributed by atoms with van der Waals surface area (Å²) in [7, 11) is 0. The molecule has 1 atom stereocenters. The smallest absolute Gasteiger partial charge is 0.271 e. The molecule has 0 saturated carbocycles. The van der Waals surface area contributed by atoms with Gasteiger partial charge in [0.2, 0.25) is 0 Å². The van der Waals surface area contributed by atoms with Crippen molar-refractivity contribution in [3.8, 4) is 5.75 Å². The molecule has 0 aromatic heterocycles. The van der Waals surface area contributed by atoms with Crippen molar-refractivity contribution in [3.63, 3.8) is 0 Å². The molecule has 0 radical (unpaired) electrons. The average molecular weight is 403 g/mol. The quantitative estimate of drug-likeness (QED) is 0.526. The van der Waals surface area contributed by atoms with E-state index in [2.05, 4.69) is 24.3 Å². The third-order valence-corrected chi connectivity index (χ3v) is 5.37. The fourth-order valence-electron chi connectivity index (χ4n) is 3.50. The molecule has 0 bridgehead atoms. The van der Waals surface area contributed by atoms with Gasteiger partial charge in [-0.2, -0.15) is 0 Å². The van der Waals surface area contributed by atoms with Gasteiger partial charge in [-0.15, -0.1) is 0 Å². The van der Waals surface area contributed by atoms with Crippen LogP contribution in [-0.4, -0.2) is 34.9 Å². The molecular formula is C21H23ClN2O4. The molecule has 1 amide bonds. The van der Waals surface area contributed by atoms with Gasteiger partial charge < -0.3 is 9.64 Å². The van der Waals surface area contributed by atoms with Crippen LogP contribution < -0.4 is 4.74 Å². The second kappa shape index (κ2) is 9.06. The summed E-state index contributed by atoms with van der Waals surface area (Å²) in [5, 5.41) is 10.9. The van der Waals surface area contributed by atoms with Gasteiger partial charge in [0.05, 0.1) is 9.95 Å². The molecule has 148 valence electrons. The van der Waals surface area contributed by atoms with Gasteiger partial charge in [-0.1, -0.05) is 41.9 Å². The number of rotatable bonds is 6. The first-order valence-corrected chi connectivity index (χ1v) is 9.75. The van der Waals surface area contributed by atoms with E-state index in [0.29, 0.717) is 19.0 Å². The number of non-ortho nitro benzene ring substituents is 1. The summed E-state index contributed by atoms with van der Waals surface area (Å²) in [5.74, 6) is 0.756. The Morgan fingerprint density at radius 3 is 2.54 bits per heavy atom. The zero-order valence-corrected chi connectivity index (χ0v) is 16.5. The molecule has 0 N–H and O–H groups in total. The lowest BCUT2D eigenvalue weighted by Gasteiger charge is -2.33. The molecule has 0 spiro atoms. The van der Waals surface area contributed by atoms with E-state index in [1.165, 1.54) is 23.8 Å². The van der Waals surface area contributed by atoms with Gasteiger partial charge in [0.25, 0.3) is 11.6 Å². The van der Waals surface area contributed by atoms with Crippen molar-refractivity contribution in [2.24, 2.45) is 5.92 Å². The third kappa shape index (κ3) is 5.01. The number of benzene rings is 2. The lowest BCUT2D eigenvalue weighted by Crippen LogP contribution is -2.45. The van der Waals surface area contributed by atoms with Crippen molar-refractivity contribution in [2.75, 3.05) is 13.1 Å². The number of nitro benzene ring substituents is 1. The predicted molar refractivity (Wildman–Crippen MR) is 108 cm³/mol. The van der Waals surface area contributed by atoms with E-state index in [1.54, 1.807) is 6.92 Å². The van der Waals surface area contributed by atoms with Gasteiger partial charge in [-0.05, 0) is 43.7 Å². The first-order valence-electron chi connectivity index (χ1n) is 9.37. The molecule has 1 aliphatic rings. The van der Waals surface area contributed by atoms with Crippen LogP contribution in [0.2, 0.25) is 5.02 Å². The van der Waals surface area contributed by atoms with E-state index in [0.717, 1.165) is 19.3 Å². The van der Waals surface area contributed by atoms with Gasteiger partial charge in [0, 0.05) is 25.2 Å². The van der Waals surface area contributed by atoms with Crippen LogP contribution in [0.3, 0.4) is 0 Å². The summed E-state index contributed by atoms with van der Waals surface area (Å²) >= 11 is 6.05. The molecule has 1 aliphatic heterocycles. The number of amides is 1. The second-order valence-electron chi connectivity index (χ2n) is 7.09. The molecule has 6 nitrogen and oxygen atoms in total. The van der Waals surface area contributed by atoms with Gasteiger partial charge in [0.1, 0.15) is 5.75 Å². The van der Waals surface area contributed by atoms with Gasteiger partial charge >= 0.3 is 0 Å². The van der Waals surface area contributed by atoms with Crippen LogP contribution in [0.15, 0.2) is 48.5 Å². The minimum atomic E-state index is -0.704. The summed E-state index contributed by atoms with van der Waals surface area (Å²) in [6.07, 6.45) is 2.26. The Morgan fingerprint density at radius 2 is 1.93 bits per heavy atom.